The summed E-state index contributed by atoms with van der Waals surface area (Å²) < 4.78 is 222. The molecule has 0 N–H and O–H groups in total. The highest BCUT2D eigenvalue weighted by Crippen LogP contribution is 2.64. The number of carbonyl (C=O) groups is 1. The molecule has 0 heterocycles. The molecule has 0 unspecified atom stereocenters. The first kappa shape index (κ1) is 29.3. The van der Waals surface area contributed by atoms with E-state index in [9.17, 15) is 79.4 Å². The van der Waals surface area contributed by atoms with Crippen LogP contribution in [0.25, 0.3) is 0 Å². The van der Waals surface area contributed by atoms with Gasteiger partial charge in [0.1, 0.15) is 0 Å². The van der Waals surface area contributed by atoms with Crippen molar-refractivity contribution in [2.24, 2.45) is 5.92 Å². The summed E-state index contributed by atoms with van der Waals surface area (Å²) in [5.74, 6) is -55.1. The van der Waals surface area contributed by atoms with Crippen molar-refractivity contribution < 1.29 is 84.2 Å². The fourth-order valence-corrected chi connectivity index (χ4v) is 1.46. The van der Waals surface area contributed by atoms with Crippen LogP contribution in [0.2, 0.25) is 0 Å². The van der Waals surface area contributed by atoms with Gasteiger partial charge in [-0.25, -0.2) is 0 Å². The standard InChI is InChI=1S/C12H7F17O2/c1-3(2)4(30)31-12(28,29)10(23,24)8(19,20)6(15,16)5(13,14)7(17,18)9(21,22)11(25,26)27/h3H,1-2H3. The Balaban J connectivity index is 6.66. The van der Waals surface area contributed by atoms with E-state index in [0.29, 0.717) is 13.8 Å². The lowest BCUT2D eigenvalue weighted by molar-refractivity contribution is -0.474. The number of alkyl halides is 17. The fourth-order valence-electron chi connectivity index (χ4n) is 1.46. The second-order valence-corrected chi connectivity index (χ2v) is 6.04. The highest BCUT2D eigenvalue weighted by Gasteiger charge is 2.95. The lowest BCUT2D eigenvalue weighted by atomic mass is 9.90. The fraction of sp³-hybridized carbons (Fsp3) is 0.917. The van der Waals surface area contributed by atoms with Crippen molar-refractivity contribution in [1.29, 1.82) is 0 Å². The van der Waals surface area contributed by atoms with Gasteiger partial charge in [0, 0.05) is 0 Å². The molecule has 0 amide bonds. The Hall–Kier alpha value is -1.72. The van der Waals surface area contributed by atoms with Crippen LogP contribution in [0.15, 0.2) is 0 Å². The van der Waals surface area contributed by atoms with Crippen LogP contribution < -0.4 is 0 Å². The Morgan fingerprint density at radius 1 is 0.516 bits per heavy atom. The van der Waals surface area contributed by atoms with Crippen LogP contribution in [0, 0.1) is 5.92 Å². The van der Waals surface area contributed by atoms with Gasteiger partial charge in [0.15, 0.2) is 0 Å². The van der Waals surface area contributed by atoms with E-state index in [4.69, 9.17) is 0 Å². The van der Waals surface area contributed by atoms with E-state index in [2.05, 4.69) is 4.74 Å². The Bertz CT molecular complexity index is 675. The number of hydrogen-bond acceptors (Lipinski definition) is 2. The summed E-state index contributed by atoms with van der Waals surface area (Å²) in [7, 11) is 0. The first-order valence-electron chi connectivity index (χ1n) is 7.02. The SMILES string of the molecule is CC(C)C(=O)OC(F)(F)C(F)(F)C(F)(F)C(F)(F)C(F)(F)C(F)(F)C(F)(F)C(F)(F)F. The van der Waals surface area contributed by atoms with Gasteiger partial charge in [-0.05, 0) is 0 Å². The molecule has 0 aliphatic rings. The molecule has 0 aromatic carbocycles. The van der Waals surface area contributed by atoms with Gasteiger partial charge < -0.3 is 4.74 Å². The van der Waals surface area contributed by atoms with E-state index in [0.717, 1.165) is 0 Å². The van der Waals surface area contributed by atoms with Crippen LogP contribution in [0.4, 0.5) is 74.6 Å². The molecule has 0 aliphatic carbocycles. The molecule has 2 nitrogen and oxygen atoms in total. The maximum atomic E-state index is 13.3. The molecular formula is C12H7F17O2. The molecule has 0 spiro atoms. The molecule has 0 fully saturated rings. The molecule has 0 saturated carbocycles. The summed E-state index contributed by atoms with van der Waals surface area (Å²) >= 11 is 0. The van der Waals surface area contributed by atoms with Gasteiger partial charge in [0.05, 0.1) is 5.92 Å². The van der Waals surface area contributed by atoms with E-state index in [1.54, 1.807) is 0 Å². The predicted molar refractivity (Wildman–Crippen MR) is 61.6 cm³/mol. The van der Waals surface area contributed by atoms with Crippen LogP contribution in [0.3, 0.4) is 0 Å². The lowest BCUT2D eigenvalue weighted by Crippen LogP contribution is -2.74. The normalized spacial score (nSPS) is 16.0. The van der Waals surface area contributed by atoms with E-state index < -0.39 is 59.7 Å². The highest BCUT2D eigenvalue weighted by molar-refractivity contribution is 5.71. The lowest BCUT2D eigenvalue weighted by Gasteiger charge is -2.42. The summed E-state index contributed by atoms with van der Waals surface area (Å²) in [4.78, 5) is 10.8. The third-order valence-electron chi connectivity index (χ3n) is 3.39. The number of esters is 1. The Morgan fingerprint density at radius 3 is 1.03 bits per heavy atom. The largest absolute Gasteiger partial charge is 0.473 e. The Kier molecular flexibility index (Phi) is 7.00. The second kappa shape index (κ2) is 7.41. The number of ether oxygens (including phenoxy) is 1. The summed E-state index contributed by atoms with van der Waals surface area (Å²) in [5.41, 5.74) is 0. The average molecular weight is 506 g/mol. The molecule has 186 valence electrons. The zero-order valence-corrected chi connectivity index (χ0v) is 14.3. The number of carbonyl (C=O) groups excluding carboxylic acids is 1. The molecule has 31 heavy (non-hydrogen) atoms. The molecule has 0 saturated heterocycles. The molecule has 0 rings (SSSR count). The number of rotatable bonds is 8. The Labute approximate surface area is 159 Å². The van der Waals surface area contributed by atoms with Crippen molar-refractivity contribution in [2.45, 2.75) is 61.7 Å². The topological polar surface area (TPSA) is 26.3 Å². The maximum absolute atomic E-state index is 13.3. The van der Waals surface area contributed by atoms with Crippen molar-refractivity contribution in [3.63, 3.8) is 0 Å². The van der Waals surface area contributed by atoms with Crippen molar-refractivity contribution in [2.75, 3.05) is 0 Å². The third kappa shape index (κ3) is 3.95. The van der Waals surface area contributed by atoms with Gasteiger partial charge in [0.25, 0.3) is 0 Å². The van der Waals surface area contributed by atoms with E-state index in [-0.39, 0.29) is 0 Å². The third-order valence-corrected chi connectivity index (χ3v) is 3.39. The zero-order valence-electron chi connectivity index (χ0n) is 14.3. The number of halogens is 17. The molecular weight excluding hydrogens is 499 g/mol. The van der Waals surface area contributed by atoms with Crippen molar-refractivity contribution in [3.8, 4) is 0 Å². The quantitative estimate of drug-likeness (QED) is 0.292. The number of hydrogen-bond donors (Lipinski definition) is 0. The van der Waals surface area contributed by atoms with Gasteiger partial charge in [-0.1, -0.05) is 13.8 Å². The summed E-state index contributed by atoms with van der Waals surface area (Å²) in [6.45, 7) is 1.16. The first-order valence-corrected chi connectivity index (χ1v) is 7.02. The highest BCUT2D eigenvalue weighted by atomic mass is 19.4. The van der Waals surface area contributed by atoms with E-state index in [1.807, 2.05) is 0 Å². The van der Waals surface area contributed by atoms with E-state index >= 15 is 0 Å². The predicted octanol–water partition coefficient (Wildman–Crippen LogP) is 6.15. The van der Waals surface area contributed by atoms with Crippen LogP contribution in [0.1, 0.15) is 13.8 Å². The van der Waals surface area contributed by atoms with E-state index in [1.165, 1.54) is 0 Å². The van der Waals surface area contributed by atoms with Gasteiger partial charge in [0.2, 0.25) is 0 Å². The smallest absolute Gasteiger partial charge is 0.396 e. The summed E-state index contributed by atoms with van der Waals surface area (Å²) in [6, 6.07) is 0. The van der Waals surface area contributed by atoms with Gasteiger partial charge in [-0.15, -0.1) is 0 Å². The summed E-state index contributed by atoms with van der Waals surface area (Å²) in [5, 5.41) is 0. The first-order chi connectivity index (χ1) is 13.1. The molecule has 0 atom stereocenters. The second-order valence-electron chi connectivity index (χ2n) is 6.04. The van der Waals surface area contributed by atoms with Crippen molar-refractivity contribution in [3.05, 3.63) is 0 Å². The maximum Gasteiger partial charge on any atom is 0.473 e. The molecule has 0 aromatic rings. The minimum absolute atomic E-state index is 0.581. The van der Waals surface area contributed by atoms with Crippen LogP contribution in [-0.4, -0.2) is 53.8 Å². The Morgan fingerprint density at radius 2 is 0.774 bits per heavy atom. The van der Waals surface area contributed by atoms with Gasteiger partial charge in [-0.2, -0.15) is 74.6 Å². The summed E-state index contributed by atoms with van der Waals surface area (Å²) in [6.07, 6.45) is -15.0. The van der Waals surface area contributed by atoms with Crippen molar-refractivity contribution in [1.82, 2.24) is 0 Å². The molecule has 19 heteroatoms. The monoisotopic (exact) mass is 506 g/mol. The van der Waals surface area contributed by atoms with Gasteiger partial charge >= 0.3 is 53.8 Å². The molecule has 0 aliphatic heterocycles. The molecule has 0 radical (unpaired) electrons. The average Bonchev–Trinajstić information content (AvgIpc) is 2.51. The van der Waals surface area contributed by atoms with Crippen LogP contribution in [0.5, 0.6) is 0 Å². The molecule has 0 bridgehead atoms. The van der Waals surface area contributed by atoms with Crippen molar-refractivity contribution >= 4 is 5.97 Å². The van der Waals surface area contributed by atoms with Crippen LogP contribution in [-0.2, 0) is 9.53 Å². The minimum Gasteiger partial charge on any atom is -0.396 e. The zero-order chi connectivity index (χ0) is 25.9. The minimum atomic E-state index is -8.72. The molecule has 0 aromatic heterocycles. The van der Waals surface area contributed by atoms with Gasteiger partial charge in [-0.3, -0.25) is 4.79 Å². The van der Waals surface area contributed by atoms with Crippen LogP contribution >= 0.6 is 0 Å².